The zero-order chi connectivity index (χ0) is 18.0. The van der Waals surface area contributed by atoms with Crippen LogP contribution in [0, 0.1) is 11.3 Å². The second-order valence-electron chi connectivity index (χ2n) is 7.01. The minimum atomic E-state index is -0.992. The molecule has 1 aromatic heterocycles. The number of carboxylic acids is 1. The van der Waals surface area contributed by atoms with Gasteiger partial charge in [-0.1, -0.05) is 32.8 Å². The van der Waals surface area contributed by atoms with E-state index >= 15 is 0 Å². The fourth-order valence-electron chi connectivity index (χ4n) is 3.66. The number of benzene rings is 1. The average Bonchev–Trinajstić information content (AvgIpc) is 3.19. The zero-order valence-corrected chi connectivity index (χ0v) is 14.5. The number of hydrogen-bond acceptors (Lipinski definition) is 3. The van der Waals surface area contributed by atoms with Crippen LogP contribution in [0.2, 0.25) is 0 Å². The number of carbonyl (C=O) groups excluding carboxylic acids is 1. The minimum absolute atomic E-state index is 0.0325. The van der Waals surface area contributed by atoms with Gasteiger partial charge < -0.3 is 10.1 Å². The number of carboxylic acid groups (broad SMARTS) is 1. The Balaban J connectivity index is 1.82. The highest BCUT2D eigenvalue weighted by atomic mass is 16.4. The molecule has 0 saturated heterocycles. The number of anilines is 1. The Morgan fingerprint density at radius 1 is 1.32 bits per heavy atom. The van der Waals surface area contributed by atoms with Crippen LogP contribution in [0.15, 0.2) is 24.3 Å². The van der Waals surface area contributed by atoms with Crippen molar-refractivity contribution in [2.24, 2.45) is 11.3 Å². The number of nitrogens with zero attached hydrogens (tertiary/aromatic N) is 1. The number of imidazole rings is 1. The van der Waals surface area contributed by atoms with E-state index in [1.54, 1.807) is 12.1 Å². The molecular weight excluding hydrogens is 318 g/mol. The van der Waals surface area contributed by atoms with Gasteiger partial charge in [0.15, 0.2) is 0 Å². The summed E-state index contributed by atoms with van der Waals surface area (Å²) in [6, 6.07) is 5.41. The van der Waals surface area contributed by atoms with E-state index in [9.17, 15) is 9.59 Å². The number of fused-ring (bicyclic) bond motifs is 1. The van der Waals surface area contributed by atoms with Gasteiger partial charge in [0.2, 0.25) is 11.9 Å². The molecule has 6 heteroatoms. The van der Waals surface area contributed by atoms with Gasteiger partial charge in [0.1, 0.15) is 0 Å². The van der Waals surface area contributed by atoms with Crippen LogP contribution >= 0.6 is 0 Å². The summed E-state index contributed by atoms with van der Waals surface area (Å²) < 4.78 is 0. The summed E-state index contributed by atoms with van der Waals surface area (Å²) in [6.07, 6.45) is 6.62. The molecule has 6 nitrogen and oxygen atoms in total. The fraction of sp³-hybridized carbons (Fsp3) is 0.421. The van der Waals surface area contributed by atoms with E-state index in [0.29, 0.717) is 5.95 Å². The molecule has 0 radical (unpaired) electrons. The molecule has 1 fully saturated rings. The van der Waals surface area contributed by atoms with Crippen LogP contribution in [0.5, 0.6) is 0 Å². The highest BCUT2D eigenvalue weighted by Crippen LogP contribution is 2.45. The van der Waals surface area contributed by atoms with E-state index in [1.807, 2.05) is 6.07 Å². The van der Waals surface area contributed by atoms with Gasteiger partial charge in [-0.3, -0.25) is 10.1 Å². The van der Waals surface area contributed by atoms with Gasteiger partial charge in [0.25, 0.3) is 0 Å². The third-order valence-electron chi connectivity index (χ3n) is 5.21. The van der Waals surface area contributed by atoms with Crippen LogP contribution < -0.4 is 5.32 Å². The Morgan fingerprint density at radius 2 is 2.04 bits per heavy atom. The first kappa shape index (κ1) is 17.2. The fourth-order valence-corrected chi connectivity index (χ4v) is 3.66. The molecule has 0 aliphatic heterocycles. The predicted octanol–water partition coefficient (Wildman–Crippen LogP) is 3.82. The maximum atomic E-state index is 12.9. The second kappa shape index (κ2) is 6.70. The number of amides is 1. The van der Waals surface area contributed by atoms with Gasteiger partial charge in [-0.25, -0.2) is 9.78 Å². The Morgan fingerprint density at radius 3 is 2.68 bits per heavy atom. The molecule has 1 amide bonds. The standard InChI is InChI=1S/C19H23N3O3/c1-12(2)19(9-3-4-10-19)17(25)22-18-20-14-7-5-13(6-8-16(23)24)11-15(14)21-18/h5-8,11-12H,3-4,9-10H2,1-2H3,(H,23,24)(H2,20,21,22,25)/b8-6+. The summed E-state index contributed by atoms with van der Waals surface area (Å²) >= 11 is 0. The number of H-pyrrole nitrogens is 1. The molecular formula is C19H23N3O3. The minimum Gasteiger partial charge on any atom is -0.478 e. The smallest absolute Gasteiger partial charge is 0.328 e. The Hall–Kier alpha value is -2.63. The van der Waals surface area contributed by atoms with Gasteiger partial charge >= 0.3 is 5.97 Å². The first-order valence-corrected chi connectivity index (χ1v) is 8.63. The van der Waals surface area contributed by atoms with Gasteiger partial charge in [0.05, 0.1) is 16.4 Å². The van der Waals surface area contributed by atoms with Crippen molar-refractivity contribution in [3.05, 3.63) is 29.8 Å². The predicted molar refractivity (Wildman–Crippen MR) is 97.1 cm³/mol. The third kappa shape index (κ3) is 3.43. The van der Waals surface area contributed by atoms with Crippen molar-refractivity contribution < 1.29 is 14.7 Å². The first-order chi connectivity index (χ1) is 11.9. The quantitative estimate of drug-likeness (QED) is 0.721. The van der Waals surface area contributed by atoms with E-state index in [0.717, 1.165) is 48.4 Å². The van der Waals surface area contributed by atoms with Crippen LogP contribution in [0.3, 0.4) is 0 Å². The molecule has 3 N–H and O–H groups in total. The van der Waals surface area contributed by atoms with E-state index in [2.05, 4.69) is 29.1 Å². The Kier molecular flexibility index (Phi) is 4.61. The number of nitrogens with one attached hydrogen (secondary N) is 2. The van der Waals surface area contributed by atoms with E-state index in [-0.39, 0.29) is 17.2 Å². The van der Waals surface area contributed by atoms with Gasteiger partial charge in [-0.05, 0) is 42.5 Å². The summed E-state index contributed by atoms with van der Waals surface area (Å²) in [7, 11) is 0. The summed E-state index contributed by atoms with van der Waals surface area (Å²) in [5, 5.41) is 11.7. The summed E-state index contributed by atoms with van der Waals surface area (Å²) in [5.74, 6) is -0.239. The molecule has 0 atom stereocenters. The molecule has 1 aliphatic carbocycles. The number of aromatic amines is 1. The topological polar surface area (TPSA) is 95.1 Å². The largest absolute Gasteiger partial charge is 0.478 e. The normalized spacial score (nSPS) is 16.8. The first-order valence-electron chi connectivity index (χ1n) is 8.63. The molecule has 132 valence electrons. The van der Waals surface area contributed by atoms with Crippen LogP contribution in [-0.4, -0.2) is 27.0 Å². The molecule has 1 saturated carbocycles. The highest BCUT2D eigenvalue weighted by Gasteiger charge is 2.43. The highest BCUT2D eigenvalue weighted by molar-refractivity contribution is 5.96. The Bertz CT molecular complexity index is 830. The molecule has 1 aliphatic rings. The number of rotatable bonds is 5. The van der Waals surface area contributed by atoms with Crippen LogP contribution in [0.4, 0.5) is 5.95 Å². The van der Waals surface area contributed by atoms with Crippen LogP contribution in [-0.2, 0) is 9.59 Å². The average molecular weight is 341 g/mol. The van der Waals surface area contributed by atoms with E-state index in [4.69, 9.17) is 5.11 Å². The molecule has 1 aromatic carbocycles. The second-order valence-corrected chi connectivity index (χ2v) is 7.01. The van der Waals surface area contributed by atoms with E-state index in [1.165, 1.54) is 6.08 Å². The number of aliphatic carboxylic acids is 1. The molecule has 1 heterocycles. The molecule has 0 spiro atoms. The summed E-state index contributed by atoms with van der Waals surface area (Å²) in [4.78, 5) is 31.0. The van der Waals surface area contributed by atoms with Crippen LogP contribution in [0.1, 0.15) is 45.1 Å². The molecule has 2 aromatic rings. The lowest BCUT2D eigenvalue weighted by atomic mass is 9.75. The van der Waals surface area contributed by atoms with Gasteiger partial charge in [-0.15, -0.1) is 0 Å². The van der Waals surface area contributed by atoms with Crippen molar-refractivity contribution in [2.45, 2.75) is 39.5 Å². The summed E-state index contributed by atoms with van der Waals surface area (Å²) in [6.45, 7) is 4.20. The monoisotopic (exact) mass is 341 g/mol. The molecule has 0 bridgehead atoms. The lowest BCUT2D eigenvalue weighted by molar-refractivity contribution is -0.131. The van der Waals surface area contributed by atoms with Crippen molar-refractivity contribution in [2.75, 3.05) is 5.32 Å². The van der Waals surface area contributed by atoms with Crippen molar-refractivity contribution in [1.29, 1.82) is 0 Å². The number of carbonyl (C=O) groups is 2. The maximum Gasteiger partial charge on any atom is 0.328 e. The van der Waals surface area contributed by atoms with E-state index < -0.39 is 5.97 Å². The lowest BCUT2D eigenvalue weighted by Gasteiger charge is -2.31. The van der Waals surface area contributed by atoms with Crippen molar-refractivity contribution in [3.8, 4) is 0 Å². The maximum absolute atomic E-state index is 12.9. The van der Waals surface area contributed by atoms with Crippen molar-refractivity contribution in [3.63, 3.8) is 0 Å². The molecule has 3 rings (SSSR count). The van der Waals surface area contributed by atoms with Crippen molar-refractivity contribution >= 4 is 34.9 Å². The summed E-state index contributed by atoms with van der Waals surface area (Å²) in [5.41, 5.74) is 1.93. The van der Waals surface area contributed by atoms with Crippen LogP contribution in [0.25, 0.3) is 17.1 Å². The van der Waals surface area contributed by atoms with Crippen molar-refractivity contribution in [1.82, 2.24) is 9.97 Å². The number of hydrogen-bond donors (Lipinski definition) is 3. The third-order valence-corrected chi connectivity index (χ3v) is 5.21. The van der Waals surface area contributed by atoms with Gasteiger partial charge in [-0.2, -0.15) is 0 Å². The molecule has 25 heavy (non-hydrogen) atoms. The van der Waals surface area contributed by atoms with Gasteiger partial charge in [0, 0.05) is 6.08 Å². The SMILES string of the molecule is CC(C)C1(C(=O)Nc2nc3ccc(/C=C/C(=O)O)cc3[nH]2)CCCC1. The lowest BCUT2D eigenvalue weighted by Crippen LogP contribution is -2.38. The molecule has 0 unspecified atom stereocenters. The number of aromatic nitrogens is 2. The Labute approximate surface area is 146 Å². The zero-order valence-electron chi connectivity index (χ0n) is 14.5.